The molecule has 30 heavy (non-hydrogen) atoms. The zero-order chi connectivity index (χ0) is 21.7. The van der Waals surface area contributed by atoms with Gasteiger partial charge in [-0.05, 0) is 61.5 Å². The first kappa shape index (κ1) is 22.1. The second kappa shape index (κ2) is 9.46. The molecular formula is C20H18ClFN2O4S2. The van der Waals surface area contributed by atoms with Gasteiger partial charge in [0.15, 0.2) is 0 Å². The van der Waals surface area contributed by atoms with Crippen LogP contribution in [0, 0.1) is 5.82 Å². The highest BCUT2D eigenvalue weighted by molar-refractivity contribution is 7.94. The number of anilines is 2. The summed E-state index contributed by atoms with van der Waals surface area (Å²) in [6.07, 6.45) is -0.0447. The number of carbonyl (C=O) groups excluding carboxylic acids is 1. The minimum Gasteiger partial charge on any atom is -0.494 e. The topological polar surface area (TPSA) is 84.5 Å². The van der Waals surface area contributed by atoms with Gasteiger partial charge in [0.2, 0.25) is 5.91 Å². The van der Waals surface area contributed by atoms with E-state index >= 15 is 0 Å². The Morgan fingerprint density at radius 3 is 2.53 bits per heavy atom. The number of hydrogen-bond acceptors (Lipinski definition) is 5. The molecule has 0 saturated carbocycles. The van der Waals surface area contributed by atoms with Crippen LogP contribution in [-0.4, -0.2) is 20.9 Å². The van der Waals surface area contributed by atoms with Gasteiger partial charge in [-0.1, -0.05) is 11.6 Å². The molecule has 0 saturated heterocycles. The number of halogens is 2. The summed E-state index contributed by atoms with van der Waals surface area (Å²) in [5, 5.41) is 2.66. The van der Waals surface area contributed by atoms with E-state index in [0.717, 1.165) is 17.4 Å². The third kappa shape index (κ3) is 5.71. The predicted octanol–water partition coefficient (Wildman–Crippen LogP) is 4.92. The highest BCUT2D eigenvalue weighted by Gasteiger charge is 2.18. The van der Waals surface area contributed by atoms with Crippen molar-refractivity contribution in [3.05, 3.63) is 70.3 Å². The van der Waals surface area contributed by atoms with E-state index in [1.165, 1.54) is 18.2 Å². The number of benzene rings is 2. The van der Waals surface area contributed by atoms with Crippen molar-refractivity contribution in [3.63, 3.8) is 0 Å². The fourth-order valence-electron chi connectivity index (χ4n) is 2.53. The van der Waals surface area contributed by atoms with Crippen LogP contribution < -0.4 is 14.8 Å². The summed E-state index contributed by atoms with van der Waals surface area (Å²) in [6.45, 7) is 2.38. The van der Waals surface area contributed by atoms with Crippen molar-refractivity contribution in [1.29, 1.82) is 0 Å². The van der Waals surface area contributed by atoms with Gasteiger partial charge in [0.25, 0.3) is 10.0 Å². The molecule has 1 aromatic heterocycles. The lowest BCUT2D eigenvalue weighted by Gasteiger charge is -2.08. The SMILES string of the molecule is CCOc1ccc(NS(=O)(=O)c2ccc(CC(=O)Nc3ccc(F)cc3Cl)s2)cc1. The van der Waals surface area contributed by atoms with Gasteiger partial charge in [-0.25, -0.2) is 12.8 Å². The minimum absolute atomic E-state index is 0.0447. The molecule has 0 fully saturated rings. The predicted molar refractivity (Wildman–Crippen MR) is 116 cm³/mol. The maximum atomic E-state index is 13.1. The van der Waals surface area contributed by atoms with Gasteiger partial charge in [0.1, 0.15) is 15.8 Å². The van der Waals surface area contributed by atoms with Gasteiger partial charge in [-0.3, -0.25) is 9.52 Å². The number of thiophene rings is 1. The Labute approximate surface area is 182 Å². The lowest BCUT2D eigenvalue weighted by molar-refractivity contribution is -0.115. The molecule has 2 N–H and O–H groups in total. The lowest BCUT2D eigenvalue weighted by Crippen LogP contribution is -2.14. The molecule has 1 heterocycles. The molecule has 0 spiro atoms. The van der Waals surface area contributed by atoms with E-state index in [-0.39, 0.29) is 21.3 Å². The molecule has 0 aliphatic heterocycles. The Bertz CT molecular complexity index is 1150. The molecule has 158 valence electrons. The normalized spacial score (nSPS) is 11.2. The van der Waals surface area contributed by atoms with E-state index in [1.807, 2.05) is 6.92 Å². The average molecular weight is 469 g/mol. The Kier molecular flexibility index (Phi) is 6.96. The highest BCUT2D eigenvalue weighted by Crippen LogP contribution is 2.27. The van der Waals surface area contributed by atoms with E-state index < -0.39 is 21.7 Å². The summed E-state index contributed by atoms with van der Waals surface area (Å²) >= 11 is 6.88. The molecular weight excluding hydrogens is 451 g/mol. The quantitative estimate of drug-likeness (QED) is 0.491. The zero-order valence-corrected chi connectivity index (χ0v) is 18.2. The van der Waals surface area contributed by atoms with Crippen molar-refractivity contribution in [2.75, 3.05) is 16.6 Å². The fourth-order valence-corrected chi connectivity index (χ4v) is 5.16. The van der Waals surface area contributed by atoms with E-state index in [0.29, 0.717) is 22.9 Å². The molecule has 0 aliphatic rings. The largest absolute Gasteiger partial charge is 0.494 e. The number of nitrogens with one attached hydrogen (secondary N) is 2. The van der Waals surface area contributed by atoms with E-state index in [4.69, 9.17) is 16.3 Å². The molecule has 0 bridgehead atoms. The maximum absolute atomic E-state index is 13.1. The fraction of sp³-hybridized carbons (Fsp3) is 0.150. The summed E-state index contributed by atoms with van der Waals surface area (Å²) in [5.41, 5.74) is 0.682. The molecule has 2 aromatic carbocycles. The summed E-state index contributed by atoms with van der Waals surface area (Å²) in [4.78, 5) is 12.8. The summed E-state index contributed by atoms with van der Waals surface area (Å²) in [6, 6.07) is 13.2. The van der Waals surface area contributed by atoms with Gasteiger partial charge in [-0.15, -0.1) is 11.3 Å². The van der Waals surface area contributed by atoms with Crippen molar-refractivity contribution < 1.29 is 22.3 Å². The number of carbonyl (C=O) groups is 1. The summed E-state index contributed by atoms with van der Waals surface area (Å²) in [7, 11) is -3.79. The summed E-state index contributed by atoms with van der Waals surface area (Å²) < 4.78 is 46.2. The van der Waals surface area contributed by atoms with E-state index in [9.17, 15) is 17.6 Å². The van der Waals surface area contributed by atoms with Crippen molar-refractivity contribution >= 4 is 50.2 Å². The molecule has 3 aromatic rings. The van der Waals surface area contributed by atoms with Crippen molar-refractivity contribution in [2.24, 2.45) is 0 Å². The Morgan fingerprint density at radius 2 is 1.87 bits per heavy atom. The monoisotopic (exact) mass is 468 g/mol. The average Bonchev–Trinajstić information content (AvgIpc) is 3.15. The first-order chi connectivity index (χ1) is 14.3. The van der Waals surface area contributed by atoms with Crippen LogP contribution in [0.2, 0.25) is 5.02 Å². The van der Waals surface area contributed by atoms with Crippen molar-refractivity contribution in [2.45, 2.75) is 17.6 Å². The van der Waals surface area contributed by atoms with Crippen LogP contribution in [0.25, 0.3) is 0 Å². The Balaban J connectivity index is 1.64. The van der Waals surface area contributed by atoms with Crippen LogP contribution in [0.5, 0.6) is 5.75 Å². The van der Waals surface area contributed by atoms with Gasteiger partial charge < -0.3 is 10.1 Å². The van der Waals surface area contributed by atoms with Crippen molar-refractivity contribution in [3.8, 4) is 5.75 Å². The Morgan fingerprint density at radius 1 is 1.13 bits per heavy atom. The van der Waals surface area contributed by atoms with Crippen LogP contribution in [0.1, 0.15) is 11.8 Å². The van der Waals surface area contributed by atoms with Crippen LogP contribution in [0.4, 0.5) is 15.8 Å². The third-order valence-corrected chi connectivity index (χ3v) is 7.13. The van der Waals surface area contributed by atoms with E-state index in [1.54, 1.807) is 30.3 Å². The zero-order valence-electron chi connectivity index (χ0n) is 15.8. The number of rotatable bonds is 8. The molecule has 1 amide bonds. The standard InChI is InChI=1S/C20H18ClFN2O4S2/c1-2-28-15-6-4-14(5-7-15)24-30(26,27)20-10-8-16(29-20)12-19(25)23-18-9-3-13(22)11-17(18)21/h3-11,24H,2,12H2,1H3,(H,23,25). The molecule has 0 atom stereocenters. The van der Waals surface area contributed by atoms with Crippen LogP contribution in [0.15, 0.2) is 58.8 Å². The van der Waals surface area contributed by atoms with Gasteiger partial charge in [0.05, 0.1) is 23.7 Å². The first-order valence-corrected chi connectivity index (χ1v) is 11.5. The number of sulfonamides is 1. The summed E-state index contributed by atoms with van der Waals surface area (Å²) in [5.74, 6) is -0.258. The van der Waals surface area contributed by atoms with Gasteiger partial charge >= 0.3 is 0 Å². The van der Waals surface area contributed by atoms with Crippen LogP contribution >= 0.6 is 22.9 Å². The second-order valence-electron chi connectivity index (χ2n) is 6.13. The molecule has 0 unspecified atom stereocenters. The van der Waals surface area contributed by atoms with Gasteiger partial charge in [0, 0.05) is 10.6 Å². The lowest BCUT2D eigenvalue weighted by atomic mass is 10.3. The number of ether oxygens (including phenoxy) is 1. The highest BCUT2D eigenvalue weighted by atomic mass is 35.5. The molecule has 0 radical (unpaired) electrons. The molecule has 6 nitrogen and oxygen atoms in total. The Hall–Kier alpha value is -2.62. The van der Waals surface area contributed by atoms with Gasteiger partial charge in [-0.2, -0.15) is 0 Å². The third-order valence-electron chi connectivity index (χ3n) is 3.86. The minimum atomic E-state index is -3.79. The molecule has 0 aliphatic carbocycles. The first-order valence-electron chi connectivity index (χ1n) is 8.86. The number of amides is 1. The van der Waals surface area contributed by atoms with E-state index in [2.05, 4.69) is 10.0 Å². The van der Waals surface area contributed by atoms with Crippen molar-refractivity contribution in [1.82, 2.24) is 0 Å². The molecule has 3 rings (SSSR count). The number of hydrogen-bond donors (Lipinski definition) is 2. The maximum Gasteiger partial charge on any atom is 0.271 e. The van der Waals surface area contributed by atoms with Crippen LogP contribution in [0.3, 0.4) is 0 Å². The van der Waals surface area contributed by atoms with Crippen LogP contribution in [-0.2, 0) is 21.2 Å². The second-order valence-corrected chi connectivity index (χ2v) is 9.62. The smallest absolute Gasteiger partial charge is 0.271 e. The molecule has 10 heteroatoms.